The number of rotatable bonds is 1. The van der Waals surface area contributed by atoms with Crippen LogP contribution in [0.5, 0.6) is 0 Å². The number of hydrogen-bond acceptors (Lipinski definition) is 3. The Bertz CT molecular complexity index is 505. The maximum Gasteiger partial charge on any atom is 0.161 e. The highest BCUT2D eigenvalue weighted by atomic mass is 15.3. The second kappa shape index (κ2) is 3.54. The van der Waals surface area contributed by atoms with E-state index in [0.717, 1.165) is 16.9 Å². The van der Waals surface area contributed by atoms with Crippen LogP contribution >= 0.6 is 0 Å². The Morgan fingerprint density at radius 3 is 2.44 bits per heavy atom. The molecule has 2 rings (SSSR count). The van der Waals surface area contributed by atoms with E-state index >= 15 is 0 Å². The molecule has 2 aromatic rings. The molecule has 0 atom stereocenters. The number of hydrogen-bond donors (Lipinski definition) is 0. The van der Waals surface area contributed by atoms with Gasteiger partial charge in [0.05, 0.1) is 17.1 Å². The van der Waals surface area contributed by atoms with E-state index in [1.807, 2.05) is 17.1 Å². The van der Waals surface area contributed by atoms with E-state index in [-0.39, 0.29) is 5.54 Å². The van der Waals surface area contributed by atoms with Crippen LogP contribution in [0, 0.1) is 0 Å². The quantitative estimate of drug-likeness (QED) is 0.739. The van der Waals surface area contributed by atoms with Crippen molar-refractivity contribution in [2.75, 3.05) is 0 Å². The topological polar surface area (TPSA) is 43.6 Å². The van der Waals surface area contributed by atoms with Gasteiger partial charge in [0, 0.05) is 12.1 Å². The summed E-state index contributed by atoms with van der Waals surface area (Å²) in [7, 11) is 0. The summed E-state index contributed by atoms with van der Waals surface area (Å²) in [5, 5.41) is 5.38. The zero-order valence-electron chi connectivity index (χ0n) is 10.5. The van der Waals surface area contributed by atoms with Gasteiger partial charge in [-0.05, 0) is 20.8 Å². The maximum absolute atomic E-state index is 4.59. The summed E-state index contributed by atoms with van der Waals surface area (Å²) in [5.74, 6) is 1.21. The molecule has 0 bridgehead atoms. The predicted molar refractivity (Wildman–Crippen MR) is 64.4 cm³/mol. The lowest BCUT2D eigenvalue weighted by molar-refractivity contribution is 0.365. The summed E-state index contributed by atoms with van der Waals surface area (Å²) in [6.45, 7) is 10.6. The molecule has 0 fully saturated rings. The smallest absolute Gasteiger partial charge is 0.161 e. The van der Waals surface area contributed by atoms with Gasteiger partial charge in [-0.15, -0.1) is 0 Å². The molecule has 0 unspecified atom stereocenters. The normalized spacial score (nSPS) is 12.6. The van der Waals surface area contributed by atoms with Crippen LogP contribution in [0.2, 0.25) is 0 Å². The van der Waals surface area contributed by atoms with Crippen molar-refractivity contribution in [1.82, 2.24) is 19.7 Å². The van der Waals surface area contributed by atoms with Crippen molar-refractivity contribution in [2.45, 2.75) is 46.1 Å². The first-order valence-electron chi connectivity index (χ1n) is 5.61. The third-order valence-corrected chi connectivity index (χ3v) is 2.48. The molecule has 86 valence electrons. The van der Waals surface area contributed by atoms with Gasteiger partial charge >= 0.3 is 0 Å². The largest absolute Gasteiger partial charge is 0.242 e. The molecule has 0 aliphatic rings. The van der Waals surface area contributed by atoms with Crippen molar-refractivity contribution in [3.8, 4) is 0 Å². The van der Waals surface area contributed by atoms with Crippen LogP contribution in [-0.2, 0) is 5.54 Å². The summed E-state index contributed by atoms with van der Waals surface area (Å²) in [6.07, 6.45) is 3.68. The molecule has 0 spiro atoms. The molecule has 2 heterocycles. The third kappa shape index (κ3) is 1.79. The first-order valence-corrected chi connectivity index (χ1v) is 5.61. The maximum atomic E-state index is 4.59. The molecule has 0 aromatic carbocycles. The Hall–Kier alpha value is -1.45. The van der Waals surface area contributed by atoms with E-state index in [1.165, 1.54) is 0 Å². The van der Waals surface area contributed by atoms with E-state index in [2.05, 4.69) is 49.7 Å². The van der Waals surface area contributed by atoms with Gasteiger partial charge in [0.15, 0.2) is 5.65 Å². The number of aromatic nitrogens is 4. The molecular formula is C12H18N4. The molecule has 16 heavy (non-hydrogen) atoms. The second-order valence-electron chi connectivity index (χ2n) is 5.39. The van der Waals surface area contributed by atoms with Crippen LogP contribution in [0.25, 0.3) is 11.0 Å². The summed E-state index contributed by atoms with van der Waals surface area (Å²) < 4.78 is 1.95. The molecule has 4 heteroatoms. The fourth-order valence-electron chi connectivity index (χ4n) is 1.60. The Morgan fingerprint density at radius 2 is 1.88 bits per heavy atom. The fourth-order valence-corrected chi connectivity index (χ4v) is 1.60. The summed E-state index contributed by atoms with van der Waals surface area (Å²) in [4.78, 5) is 8.93. The molecule has 0 aliphatic heterocycles. The standard InChI is InChI=1S/C12H18N4/c1-8(2)10-13-6-9-7-14-16(11(9)15-10)12(3,4)5/h6-8H,1-5H3. The average molecular weight is 218 g/mol. The molecule has 4 nitrogen and oxygen atoms in total. The Kier molecular flexibility index (Phi) is 2.45. The van der Waals surface area contributed by atoms with Gasteiger partial charge in [-0.3, -0.25) is 0 Å². The monoisotopic (exact) mass is 218 g/mol. The zero-order chi connectivity index (χ0) is 11.9. The van der Waals surface area contributed by atoms with Gasteiger partial charge in [-0.2, -0.15) is 5.10 Å². The van der Waals surface area contributed by atoms with Crippen molar-refractivity contribution in [1.29, 1.82) is 0 Å². The van der Waals surface area contributed by atoms with Crippen LogP contribution in [0.4, 0.5) is 0 Å². The van der Waals surface area contributed by atoms with Crippen LogP contribution in [0.3, 0.4) is 0 Å². The third-order valence-electron chi connectivity index (χ3n) is 2.48. The molecule has 0 amide bonds. The SMILES string of the molecule is CC(C)c1ncc2cnn(C(C)(C)C)c2n1. The average Bonchev–Trinajstić information content (AvgIpc) is 2.58. The van der Waals surface area contributed by atoms with Crippen LogP contribution in [0.1, 0.15) is 46.4 Å². The molecule has 0 aliphatic carbocycles. The van der Waals surface area contributed by atoms with Crippen LogP contribution < -0.4 is 0 Å². The molecular weight excluding hydrogens is 200 g/mol. The Balaban J connectivity index is 2.65. The summed E-state index contributed by atoms with van der Waals surface area (Å²) >= 11 is 0. The van der Waals surface area contributed by atoms with E-state index in [4.69, 9.17) is 0 Å². The van der Waals surface area contributed by atoms with Crippen molar-refractivity contribution >= 4 is 11.0 Å². The minimum atomic E-state index is -0.0512. The minimum absolute atomic E-state index is 0.0512. The van der Waals surface area contributed by atoms with Gasteiger partial charge in [0.2, 0.25) is 0 Å². The van der Waals surface area contributed by atoms with E-state index < -0.39 is 0 Å². The molecule has 0 N–H and O–H groups in total. The van der Waals surface area contributed by atoms with Crippen molar-refractivity contribution < 1.29 is 0 Å². The summed E-state index contributed by atoms with van der Waals surface area (Å²) in [6, 6.07) is 0. The summed E-state index contributed by atoms with van der Waals surface area (Å²) in [5.41, 5.74) is 0.871. The van der Waals surface area contributed by atoms with Crippen molar-refractivity contribution in [3.05, 3.63) is 18.2 Å². The lowest BCUT2D eigenvalue weighted by atomic mass is 10.1. The Morgan fingerprint density at radius 1 is 1.19 bits per heavy atom. The lowest BCUT2D eigenvalue weighted by Gasteiger charge is -2.19. The molecule has 2 aromatic heterocycles. The molecule has 0 radical (unpaired) electrons. The van der Waals surface area contributed by atoms with Gasteiger partial charge < -0.3 is 0 Å². The van der Waals surface area contributed by atoms with Crippen molar-refractivity contribution in [3.63, 3.8) is 0 Å². The van der Waals surface area contributed by atoms with E-state index in [0.29, 0.717) is 5.92 Å². The van der Waals surface area contributed by atoms with E-state index in [9.17, 15) is 0 Å². The first-order chi connectivity index (χ1) is 7.39. The first kappa shape index (κ1) is 11.0. The predicted octanol–water partition coefficient (Wildman–Crippen LogP) is 2.70. The Labute approximate surface area is 95.7 Å². The van der Waals surface area contributed by atoms with Gasteiger partial charge in [0.1, 0.15) is 5.82 Å². The second-order valence-corrected chi connectivity index (χ2v) is 5.39. The van der Waals surface area contributed by atoms with Crippen molar-refractivity contribution in [2.24, 2.45) is 0 Å². The lowest BCUT2D eigenvalue weighted by Crippen LogP contribution is -2.23. The molecule has 0 saturated heterocycles. The van der Waals surface area contributed by atoms with Gasteiger partial charge in [-0.1, -0.05) is 13.8 Å². The highest BCUT2D eigenvalue weighted by Crippen LogP contribution is 2.21. The number of fused-ring (bicyclic) bond motifs is 1. The molecule has 0 saturated carbocycles. The highest BCUT2D eigenvalue weighted by Gasteiger charge is 2.18. The van der Waals surface area contributed by atoms with E-state index in [1.54, 1.807) is 0 Å². The zero-order valence-corrected chi connectivity index (χ0v) is 10.5. The number of nitrogens with zero attached hydrogens (tertiary/aromatic N) is 4. The fraction of sp³-hybridized carbons (Fsp3) is 0.583. The van der Waals surface area contributed by atoms with Gasteiger partial charge in [0.25, 0.3) is 0 Å². The minimum Gasteiger partial charge on any atom is -0.242 e. The highest BCUT2D eigenvalue weighted by molar-refractivity contribution is 5.73. The van der Waals surface area contributed by atoms with Crippen LogP contribution in [0.15, 0.2) is 12.4 Å². The van der Waals surface area contributed by atoms with Crippen LogP contribution in [-0.4, -0.2) is 19.7 Å². The van der Waals surface area contributed by atoms with Gasteiger partial charge in [-0.25, -0.2) is 14.6 Å².